The lowest BCUT2D eigenvalue weighted by atomic mass is 10.0. The monoisotopic (exact) mass is 356 g/mol. The number of ether oxygens (including phenoxy) is 1. The van der Waals surface area contributed by atoms with Crippen LogP contribution in [0, 0.1) is 6.92 Å². The minimum atomic E-state index is -0.130. The van der Waals surface area contributed by atoms with E-state index in [1.165, 1.54) is 12.3 Å². The van der Waals surface area contributed by atoms with Gasteiger partial charge in [-0.2, -0.15) is 0 Å². The van der Waals surface area contributed by atoms with Crippen LogP contribution in [0.1, 0.15) is 15.9 Å². The lowest BCUT2D eigenvalue weighted by Gasteiger charge is -2.07. The van der Waals surface area contributed by atoms with Gasteiger partial charge in [-0.05, 0) is 35.4 Å². The average Bonchev–Trinajstić information content (AvgIpc) is 2.56. The second-order valence-electron chi connectivity index (χ2n) is 5.35. The molecule has 120 valence electrons. The second kappa shape index (κ2) is 7.08. The number of carbonyl (C=O) groups excluding carboxylic acids is 1. The third-order valence-corrected chi connectivity index (χ3v) is 4.15. The van der Waals surface area contributed by atoms with Crippen molar-refractivity contribution in [3.63, 3.8) is 0 Å². The molecule has 3 rings (SSSR count). The molecule has 0 saturated heterocycles. The zero-order valence-electron chi connectivity index (χ0n) is 12.9. The Kier molecular flexibility index (Phi) is 4.89. The highest BCUT2D eigenvalue weighted by molar-refractivity contribution is 6.35. The van der Waals surface area contributed by atoms with E-state index in [9.17, 15) is 4.79 Å². The van der Waals surface area contributed by atoms with Crippen molar-refractivity contribution in [2.75, 3.05) is 0 Å². The molecule has 0 saturated carbocycles. The molecule has 0 radical (unpaired) electrons. The van der Waals surface area contributed by atoms with Crippen LogP contribution in [0.4, 0.5) is 0 Å². The summed E-state index contributed by atoms with van der Waals surface area (Å²) >= 11 is 12.0. The maximum atomic E-state index is 12.5. The van der Waals surface area contributed by atoms with Gasteiger partial charge < -0.3 is 4.74 Å². The Balaban J connectivity index is 1.83. The largest absolute Gasteiger partial charge is 0.463 e. The molecule has 2 nitrogen and oxygen atoms in total. The first-order valence-electron chi connectivity index (χ1n) is 7.37. The fourth-order valence-corrected chi connectivity index (χ4v) is 3.17. The highest BCUT2D eigenvalue weighted by Gasteiger charge is 2.08. The first kappa shape index (κ1) is 16.6. The predicted molar refractivity (Wildman–Crippen MR) is 99.2 cm³/mol. The number of allylic oxidation sites excluding steroid dienone is 1. The quantitative estimate of drug-likeness (QED) is 0.314. The smallest absolute Gasteiger partial charge is 0.189 e. The lowest BCUT2D eigenvalue weighted by molar-refractivity contribution is 0.104. The van der Waals surface area contributed by atoms with Gasteiger partial charge in [0.25, 0.3) is 0 Å². The van der Waals surface area contributed by atoms with Crippen molar-refractivity contribution < 1.29 is 9.53 Å². The van der Waals surface area contributed by atoms with Crippen LogP contribution in [0.3, 0.4) is 0 Å². The van der Waals surface area contributed by atoms with Gasteiger partial charge in [0, 0.05) is 16.7 Å². The highest BCUT2D eigenvalue weighted by Crippen LogP contribution is 2.32. The number of fused-ring (bicyclic) bond motifs is 1. The normalized spacial score (nSPS) is 11.1. The summed E-state index contributed by atoms with van der Waals surface area (Å²) in [4.78, 5) is 12.5. The van der Waals surface area contributed by atoms with E-state index in [2.05, 4.69) is 0 Å². The number of rotatable bonds is 4. The summed E-state index contributed by atoms with van der Waals surface area (Å²) < 4.78 is 5.53. The molecule has 0 amide bonds. The molecule has 24 heavy (non-hydrogen) atoms. The first-order valence-corrected chi connectivity index (χ1v) is 8.13. The number of carbonyl (C=O) groups is 1. The molecule has 4 heteroatoms. The van der Waals surface area contributed by atoms with Crippen LogP contribution in [0.25, 0.3) is 10.8 Å². The number of hydrogen-bond acceptors (Lipinski definition) is 2. The molecule has 0 aliphatic carbocycles. The third-order valence-electron chi connectivity index (χ3n) is 3.65. The summed E-state index contributed by atoms with van der Waals surface area (Å²) in [6.07, 6.45) is 2.75. The molecule has 3 aromatic carbocycles. The molecule has 0 aliphatic rings. The highest BCUT2D eigenvalue weighted by atomic mass is 35.5. The van der Waals surface area contributed by atoms with Gasteiger partial charge in [0.15, 0.2) is 5.78 Å². The third kappa shape index (κ3) is 3.45. The van der Waals surface area contributed by atoms with Crippen molar-refractivity contribution in [1.82, 2.24) is 0 Å². The molecular weight excluding hydrogens is 343 g/mol. The van der Waals surface area contributed by atoms with Gasteiger partial charge >= 0.3 is 0 Å². The molecule has 0 spiro atoms. The Morgan fingerprint density at radius 1 is 1.04 bits per heavy atom. The zero-order valence-corrected chi connectivity index (χ0v) is 14.4. The molecule has 0 atom stereocenters. The van der Waals surface area contributed by atoms with Crippen LogP contribution >= 0.6 is 23.2 Å². The van der Waals surface area contributed by atoms with E-state index < -0.39 is 0 Å². The minimum Gasteiger partial charge on any atom is -0.463 e. The van der Waals surface area contributed by atoms with Gasteiger partial charge in [0.2, 0.25) is 0 Å². The number of ketones is 1. The Morgan fingerprint density at radius 3 is 2.58 bits per heavy atom. The van der Waals surface area contributed by atoms with E-state index >= 15 is 0 Å². The Morgan fingerprint density at radius 2 is 1.79 bits per heavy atom. The summed E-state index contributed by atoms with van der Waals surface area (Å²) in [5.74, 6) is 0.359. The van der Waals surface area contributed by atoms with Gasteiger partial charge in [0.05, 0.1) is 11.3 Å². The zero-order chi connectivity index (χ0) is 17.1. The number of hydrogen-bond donors (Lipinski definition) is 0. The summed E-state index contributed by atoms with van der Waals surface area (Å²) in [5, 5.41) is 2.88. The van der Waals surface area contributed by atoms with E-state index in [0.29, 0.717) is 21.4 Å². The van der Waals surface area contributed by atoms with E-state index in [1.54, 1.807) is 18.2 Å². The van der Waals surface area contributed by atoms with E-state index in [-0.39, 0.29) is 5.78 Å². The van der Waals surface area contributed by atoms with E-state index in [1.807, 2.05) is 43.3 Å². The summed E-state index contributed by atoms with van der Waals surface area (Å²) in [6, 6.07) is 16.8. The molecule has 0 heterocycles. The fourth-order valence-electron chi connectivity index (χ4n) is 2.53. The second-order valence-corrected chi connectivity index (χ2v) is 6.19. The molecule has 0 unspecified atom stereocenters. The molecule has 0 fully saturated rings. The van der Waals surface area contributed by atoms with Crippen molar-refractivity contribution in [2.45, 2.75) is 6.92 Å². The maximum Gasteiger partial charge on any atom is 0.189 e. The van der Waals surface area contributed by atoms with Crippen molar-refractivity contribution in [3.8, 4) is 5.75 Å². The van der Waals surface area contributed by atoms with Gasteiger partial charge in [-0.1, -0.05) is 65.7 Å². The Hall–Kier alpha value is -2.29. The van der Waals surface area contributed by atoms with Crippen LogP contribution in [-0.2, 0) is 0 Å². The molecule has 0 aromatic heterocycles. The Labute approximate surface area is 150 Å². The van der Waals surface area contributed by atoms with Crippen LogP contribution in [0.2, 0.25) is 10.0 Å². The van der Waals surface area contributed by atoms with Gasteiger partial charge in [0.1, 0.15) is 5.75 Å². The van der Waals surface area contributed by atoms with E-state index in [4.69, 9.17) is 27.9 Å². The van der Waals surface area contributed by atoms with Crippen LogP contribution in [-0.4, -0.2) is 5.78 Å². The van der Waals surface area contributed by atoms with Gasteiger partial charge in [-0.15, -0.1) is 0 Å². The minimum absolute atomic E-state index is 0.130. The predicted octanol–water partition coefficient (Wildman–Crippen LogP) is 6.23. The topological polar surface area (TPSA) is 26.3 Å². The molecular formula is C20H14Cl2O2. The number of aryl methyl sites for hydroxylation is 1. The van der Waals surface area contributed by atoms with E-state index in [0.717, 1.165) is 16.3 Å². The number of halogens is 2. The SMILES string of the molecule is Cc1cc(Cl)cc(Cl)c1O/C=C/C(=O)c1cccc2ccccc12. The van der Waals surface area contributed by atoms with Crippen molar-refractivity contribution >= 4 is 39.8 Å². The van der Waals surface area contributed by atoms with Crippen LogP contribution in [0.15, 0.2) is 66.9 Å². The van der Waals surface area contributed by atoms with Crippen molar-refractivity contribution in [3.05, 3.63) is 88.1 Å². The molecule has 0 aliphatic heterocycles. The Bertz CT molecular complexity index is 917. The van der Waals surface area contributed by atoms with Gasteiger partial charge in [-0.25, -0.2) is 0 Å². The van der Waals surface area contributed by atoms with Crippen LogP contribution in [0.5, 0.6) is 5.75 Å². The van der Waals surface area contributed by atoms with Gasteiger partial charge in [-0.3, -0.25) is 4.79 Å². The summed E-state index contributed by atoms with van der Waals surface area (Å²) in [7, 11) is 0. The average molecular weight is 357 g/mol. The van der Waals surface area contributed by atoms with Crippen molar-refractivity contribution in [1.29, 1.82) is 0 Å². The first-order chi connectivity index (χ1) is 11.6. The molecule has 0 bridgehead atoms. The fraction of sp³-hybridized carbons (Fsp3) is 0.0500. The maximum absolute atomic E-state index is 12.5. The molecule has 0 N–H and O–H groups in total. The van der Waals surface area contributed by atoms with Crippen LogP contribution < -0.4 is 4.74 Å². The standard InChI is InChI=1S/C20H14Cl2O2/c1-13-11-15(21)12-18(22)20(13)24-10-9-19(23)17-8-4-6-14-5-2-3-7-16(14)17/h2-12H,1H3/b10-9+. The number of benzene rings is 3. The summed E-state index contributed by atoms with van der Waals surface area (Å²) in [6.45, 7) is 1.84. The summed E-state index contributed by atoms with van der Waals surface area (Å²) in [5.41, 5.74) is 1.43. The molecule has 3 aromatic rings. The van der Waals surface area contributed by atoms with Crippen molar-refractivity contribution in [2.24, 2.45) is 0 Å². The lowest BCUT2D eigenvalue weighted by Crippen LogP contribution is -1.97.